The molecule has 0 unspecified atom stereocenters. The van der Waals surface area contributed by atoms with Gasteiger partial charge >= 0.3 is 0 Å². The first-order chi connectivity index (χ1) is 7.43. The topological polar surface area (TPSA) is 58.5 Å². The van der Waals surface area contributed by atoms with Gasteiger partial charge in [-0.3, -0.25) is 0 Å². The summed E-state index contributed by atoms with van der Waals surface area (Å²) >= 11 is 4.66. The largest absolute Gasteiger partial charge is 0.216 e. The molecule has 16 heavy (non-hydrogen) atoms. The molecule has 0 amide bonds. The van der Waals surface area contributed by atoms with Crippen molar-refractivity contribution in [1.29, 1.82) is 0 Å². The summed E-state index contributed by atoms with van der Waals surface area (Å²) in [6, 6.07) is 0.331. The van der Waals surface area contributed by atoms with Crippen molar-refractivity contribution in [3.8, 4) is 0 Å². The van der Waals surface area contributed by atoms with Crippen molar-refractivity contribution in [3.63, 3.8) is 0 Å². The van der Waals surface area contributed by atoms with Crippen LogP contribution in [0.4, 0.5) is 0 Å². The van der Waals surface area contributed by atoms with Gasteiger partial charge in [0.05, 0.1) is 11.8 Å². The smallest absolute Gasteiger partial charge is 0.212 e. The minimum absolute atomic E-state index is 0.0803. The second-order valence-electron chi connectivity index (χ2n) is 4.90. The van der Waals surface area contributed by atoms with Crippen LogP contribution in [-0.4, -0.2) is 26.3 Å². The van der Waals surface area contributed by atoms with Crippen LogP contribution in [0.15, 0.2) is 4.36 Å². The van der Waals surface area contributed by atoms with E-state index in [2.05, 4.69) is 21.5 Å². The Hall–Kier alpha value is -0.0700. The normalized spacial score (nSPS) is 26.9. The van der Waals surface area contributed by atoms with E-state index >= 15 is 0 Å². The highest BCUT2D eigenvalue weighted by molar-refractivity contribution is 7.89. The van der Waals surface area contributed by atoms with Crippen molar-refractivity contribution >= 4 is 22.4 Å². The maximum atomic E-state index is 11.7. The van der Waals surface area contributed by atoms with Crippen LogP contribution in [0, 0.1) is 5.92 Å². The van der Waals surface area contributed by atoms with Crippen LogP contribution in [-0.2, 0) is 22.4 Å². The molecule has 0 atom stereocenters. The van der Waals surface area contributed by atoms with E-state index in [0.29, 0.717) is 0 Å². The molecule has 0 heterocycles. The molecule has 1 saturated carbocycles. The first kappa shape index (κ1) is 14.0. The molecule has 1 aliphatic carbocycles. The van der Waals surface area contributed by atoms with Gasteiger partial charge in [-0.15, -0.1) is 0 Å². The second-order valence-corrected chi connectivity index (χ2v) is 6.91. The predicted molar refractivity (Wildman–Crippen MR) is 67.6 cm³/mol. The van der Waals surface area contributed by atoms with Gasteiger partial charge in [0.25, 0.3) is 0 Å². The Morgan fingerprint density at radius 3 is 2.31 bits per heavy atom. The molecule has 4 nitrogen and oxygen atoms in total. The van der Waals surface area contributed by atoms with Gasteiger partial charge in [0.15, 0.2) is 0 Å². The van der Waals surface area contributed by atoms with Crippen LogP contribution in [0.25, 0.3) is 0 Å². The van der Waals surface area contributed by atoms with Gasteiger partial charge < -0.3 is 0 Å². The van der Waals surface area contributed by atoms with Gasteiger partial charge in [-0.25, -0.2) is 17.5 Å². The second kappa shape index (κ2) is 6.02. The van der Waals surface area contributed by atoms with Crippen molar-refractivity contribution in [2.24, 2.45) is 10.3 Å². The third-order valence-electron chi connectivity index (χ3n) is 2.74. The van der Waals surface area contributed by atoms with Crippen molar-refractivity contribution in [2.75, 3.05) is 5.75 Å². The molecule has 94 valence electrons. The first-order valence-corrected chi connectivity index (χ1v) is 7.77. The molecule has 0 spiro atoms. The summed E-state index contributed by atoms with van der Waals surface area (Å²) in [5.41, 5.74) is 0. The fraction of sp³-hybridized carbons (Fsp3) is 1.00. The highest BCUT2D eigenvalue weighted by Gasteiger charge is 2.24. The summed E-state index contributed by atoms with van der Waals surface area (Å²) < 4.78 is 30.0. The summed E-state index contributed by atoms with van der Waals surface area (Å²) in [7, 11) is -3.11. The number of hydrogen-bond donors (Lipinski definition) is 1. The molecule has 0 aromatic carbocycles. The number of sulfonamides is 1. The Labute approximate surface area is 103 Å². The van der Waals surface area contributed by atoms with Gasteiger partial charge in [-0.2, -0.15) is 0 Å². The van der Waals surface area contributed by atoms with E-state index in [1.807, 2.05) is 13.8 Å². The van der Waals surface area contributed by atoms with E-state index in [1.165, 1.54) is 0 Å². The summed E-state index contributed by atoms with van der Waals surface area (Å²) in [5.74, 6) is 0.370. The lowest BCUT2D eigenvalue weighted by molar-refractivity contribution is 0.376. The van der Waals surface area contributed by atoms with Gasteiger partial charge in [-0.05, 0) is 31.6 Å². The molecule has 0 aromatic heterocycles. The molecular formula is C10H20N2O2S2. The Morgan fingerprint density at radius 2 is 1.88 bits per heavy atom. The SMILES string of the molecule is CC(C)CS(=O)(=O)NC1CCC(N=S)CC1. The van der Waals surface area contributed by atoms with E-state index in [-0.39, 0.29) is 23.8 Å². The zero-order valence-corrected chi connectivity index (χ0v) is 11.5. The Kier molecular flexibility index (Phi) is 5.27. The molecule has 1 aliphatic rings. The minimum Gasteiger partial charge on any atom is -0.216 e. The third kappa shape index (κ3) is 4.84. The Bertz CT molecular complexity index is 320. The summed E-state index contributed by atoms with van der Waals surface area (Å²) in [6.45, 7) is 3.82. The number of rotatable bonds is 5. The lowest BCUT2D eigenvalue weighted by Crippen LogP contribution is -2.40. The fourth-order valence-electron chi connectivity index (χ4n) is 2.04. The molecular weight excluding hydrogens is 244 g/mol. The van der Waals surface area contributed by atoms with E-state index in [9.17, 15) is 8.42 Å². The number of hydrogen-bond acceptors (Lipinski definition) is 4. The highest BCUT2D eigenvalue weighted by atomic mass is 32.2. The standard InChI is InChI=1S/C10H20N2O2S2/c1-8(2)7-16(13,14)12-10-5-3-9(11-15)4-6-10/h8-10,12H,3-7H2,1-2H3. The molecule has 0 bridgehead atoms. The van der Waals surface area contributed by atoms with Gasteiger partial charge in [-0.1, -0.05) is 13.8 Å². The molecule has 6 heteroatoms. The molecule has 1 rings (SSSR count). The van der Waals surface area contributed by atoms with E-state index in [0.717, 1.165) is 25.7 Å². The molecule has 0 aliphatic heterocycles. The molecule has 0 aromatic rings. The lowest BCUT2D eigenvalue weighted by Gasteiger charge is -2.26. The first-order valence-electron chi connectivity index (χ1n) is 5.75. The maximum absolute atomic E-state index is 11.7. The summed E-state index contributed by atoms with van der Waals surface area (Å²) in [6.07, 6.45) is 3.50. The van der Waals surface area contributed by atoms with Crippen LogP contribution < -0.4 is 4.72 Å². The average Bonchev–Trinajstić information content (AvgIpc) is 2.16. The summed E-state index contributed by atoms with van der Waals surface area (Å²) in [5, 5.41) is 0. The van der Waals surface area contributed by atoms with E-state index in [1.54, 1.807) is 0 Å². The van der Waals surface area contributed by atoms with Crippen LogP contribution >= 0.6 is 0 Å². The Balaban J connectivity index is 2.41. The minimum atomic E-state index is -3.11. The van der Waals surface area contributed by atoms with Gasteiger partial charge in [0.2, 0.25) is 10.0 Å². The zero-order chi connectivity index (χ0) is 12.2. The van der Waals surface area contributed by atoms with Crippen LogP contribution in [0.1, 0.15) is 39.5 Å². The fourth-order valence-corrected chi connectivity index (χ4v) is 3.97. The summed E-state index contributed by atoms with van der Waals surface area (Å²) in [4.78, 5) is 0. The number of nitrogens with zero attached hydrogens (tertiary/aromatic N) is 1. The third-order valence-corrected chi connectivity index (χ3v) is 4.84. The van der Waals surface area contributed by atoms with Gasteiger partial charge in [0.1, 0.15) is 0 Å². The highest BCUT2D eigenvalue weighted by Crippen LogP contribution is 2.21. The van der Waals surface area contributed by atoms with Gasteiger partial charge in [0, 0.05) is 18.5 Å². The quantitative estimate of drug-likeness (QED) is 0.820. The van der Waals surface area contributed by atoms with Crippen LogP contribution in [0.2, 0.25) is 0 Å². The predicted octanol–water partition coefficient (Wildman–Crippen LogP) is 1.60. The van der Waals surface area contributed by atoms with E-state index < -0.39 is 10.0 Å². The molecule has 1 fully saturated rings. The van der Waals surface area contributed by atoms with E-state index in [4.69, 9.17) is 0 Å². The molecule has 0 saturated heterocycles. The van der Waals surface area contributed by atoms with Crippen molar-refractivity contribution < 1.29 is 8.42 Å². The monoisotopic (exact) mass is 264 g/mol. The number of nitrogens with one attached hydrogen (secondary N) is 1. The average molecular weight is 264 g/mol. The van der Waals surface area contributed by atoms with Crippen molar-refractivity contribution in [1.82, 2.24) is 4.72 Å². The lowest BCUT2D eigenvalue weighted by atomic mass is 9.93. The Morgan fingerprint density at radius 1 is 1.31 bits per heavy atom. The van der Waals surface area contributed by atoms with Crippen LogP contribution in [0.3, 0.4) is 0 Å². The maximum Gasteiger partial charge on any atom is 0.212 e. The zero-order valence-electron chi connectivity index (χ0n) is 9.85. The van der Waals surface area contributed by atoms with Crippen molar-refractivity contribution in [2.45, 2.75) is 51.6 Å². The van der Waals surface area contributed by atoms with Crippen LogP contribution in [0.5, 0.6) is 0 Å². The molecule has 0 radical (unpaired) electrons. The molecule has 1 N–H and O–H groups in total. The van der Waals surface area contributed by atoms with Crippen molar-refractivity contribution in [3.05, 3.63) is 0 Å².